The monoisotopic (exact) mass is 405 g/mol. The second kappa shape index (κ2) is 7.81. The van der Waals surface area contributed by atoms with E-state index in [1.54, 1.807) is 18.2 Å². The first-order chi connectivity index (χ1) is 14.0. The van der Waals surface area contributed by atoms with Gasteiger partial charge in [0.1, 0.15) is 11.3 Å². The summed E-state index contributed by atoms with van der Waals surface area (Å²) in [6, 6.07) is 18.8. The number of thiocarbonyl (C=S) groups is 1. The van der Waals surface area contributed by atoms with Crippen LogP contribution in [-0.2, 0) is 0 Å². The molecule has 144 valence electrons. The van der Waals surface area contributed by atoms with Crippen molar-refractivity contribution in [3.8, 4) is 11.5 Å². The SMILES string of the molecule is Cc1ccc2oc(-c3cccc(NC(=S)NC(=O)c4ccccc4F)c3)nc2c1. The summed E-state index contributed by atoms with van der Waals surface area (Å²) in [7, 11) is 0. The lowest BCUT2D eigenvalue weighted by molar-refractivity contribution is 0.0974. The molecular formula is C22H16FN3O2S. The van der Waals surface area contributed by atoms with Crippen molar-refractivity contribution in [2.45, 2.75) is 6.92 Å². The lowest BCUT2D eigenvalue weighted by Gasteiger charge is -2.10. The number of halogens is 1. The van der Waals surface area contributed by atoms with Crippen LogP contribution in [0, 0.1) is 12.7 Å². The Balaban J connectivity index is 1.50. The molecule has 0 bridgehead atoms. The summed E-state index contributed by atoms with van der Waals surface area (Å²) < 4.78 is 19.6. The fourth-order valence-corrected chi connectivity index (χ4v) is 3.08. The van der Waals surface area contributed by atoms with Crippen LogP contribution in [0.3, 0.4) is 0 Å². The van der Waals surface area contributed by atoms with Crippen molar-refractivity contribution in [2.75, 3.05) is 5.32 Å². The van der Waals surface area contributed by atoms with Crippen LogP contribution < -0.4 is 10.6 Å². The molecule has 29 heavy (non-hydrogen) atoms. The van der Waals surface area contributed by atoms with Crippen molar-refractivity contribution in [1.82, 2.24) is 10.3 Å². The van der Waals surface area contributed by atoms with E-state index in [2.05, 4.69) is 15.6 Å². The Morgan fingerprint density at radius 2 is 1.90 bits per heavy atom. The Hall–Kier alpha value is -3.58. The van der Waals surface area contributed by atoms with Crippen LogP contribution in [0.2, 0.25) is 0 Å². The second-order valence-electron chi connectivity index (χ2n) is 6.46. The molecule has 1 aromatic heterocycles. The number of nitrogens with one attached hydrogen (secondary N) is 2. The molecule has 0 spiro atoms. The number of hydrogen-bond donors (Lipinski definition) is 2. The lowest BCUT2D eigenvalue weighted by atomic mass is 10.2. The van der Waals surface area contributed by atoms with Gasteiger partial charge >= 0.3 is 0 Å². The van der Waals surface area contributed by atoms with Gasteiger partial charge in [0.05, 0.1) is 5.56 Å². The van der Waals surface area contributed by atoms with Crippen molar-refractivity contribution in [3.05, 3.63) is 83.7 Å². The molecule has 0 aliphatic heterocycles. The molecule has 0 saturated carbocycles. The van der Waals surface area contributed by atoms with Gasteiger partial charge in [-0.3, -0.25) is 10.1 Å². The highest BCUT2D eigenvalue weighted by Gasteiger charge is 2.13. The Kier molecular flexibility index (Phi) is 5.05. The van der Waals surface area contributed by atoms with Crippen molar-refractivity contribution in [1.29, 1.82) is 0 Å². The molecule has 0 aliphatic carbocycles. The van der Waals surface area contributed by atoms with Gasteiger partial charge in [0.25, 0.3) is 5.91 Å². The molecule has 5 nitrogen and oxygen atoms in total. The number of anilines is 1. The number of hydrogen-bond acceptors (Lipinski definition) is 4. The molecule has 7 heteroatoms. The van der Waals surface area contributed by atoms with Gasteiger partial charge in [-0.2, -0.15) is 0 Å². The summed E-state index contributed by atoms with van der Waals surface area (Å²) in [6.45, 7) is 1.99. The first kappa shape index (κ1) is 18.8. The summed E-state index contributed by atoms with van der Waals surface area (Å²) in [5.41, 5.74) is 3.91. The van der Waals surface area contributed by atoms with Gasteiger partial charge in [0, 0.05) is 11.3 Å². The number of fused-ring (bicyclic) bond motifs is 1. The topological polar surface area (TPSA) is 67.2 Å². The molecule has 0 fully saturated rings. The second-order valence-corrected chi connectivity index (χ2v) is 6.87. The Morgan fingerprint density at radius 3 is 2.72 bits per heavy atom. The molecule has 0 unspecified atom stereocenters. The minimum absolute atomic E-state index is 0.0589. The maximum absolute atomic E-state index is 13.7. The van der Waals surface area contributed by atoms with E-state index in [0.717, 1.165) is 16.6 Å². The highest BCUT2D eigenvalue weighted by molar-refractivity contribution is 7.80. The highest BCUT2D eigenvalue weighted by atomic mass is 32.1. The highest BCUT2D eigenvalue weighted by Crippen LogP contribution is 2.26. The zero-order valence-corrected chi connectivity index (χ0v) is 16.2. The van der Waals surface area contributed by atoms with E-state index < -0.39 is 11.7 Å². The fraction of sp³-hybridized carbons (Fsp3) is 0.0455. The normalized spacial score (nSPS) is 10.7. The maximum atomic E-state index is 13.7. The lowest BCUT2D eigenvalue weighted by Crippen LogP contribution is -2.34. The van der Waals surface area contributed by atoms with E-state index in [4.69, 9.17) is 16.6 Å². The van der Waals surface area contributed by atoms with Gasteiger partial charge in [-0.15, -0.1) is 0 Å². The van der Waals surface area contributed by atoms with Gasteiger partial charge in [-0.1, -0.05) is 24.3 Å². The summed E-state index contributed by atoms with van der Waals surface area (Å²) in [4.78, 5) is 16.7. The first-order valence-corrected chi connectivity index (χ1v) is 9.25. The number of nitrogens with zero attached hydrogens (tertiary/aromatic N) is 1. The van der Waals surface area contributed by atoms with Crippen LogP contribution in [0.1, 0.15) is 15.9 Å². The predicted molar refractivity (Wildman–Crippen MR) is 114 cm³/mol. The van der Waals surface area contributed by atoms with Gasteiger partial charge < -0.3 is 9.73 Å². The smallest absolute Gasteiger partial charge is 0.260 e. The van der Waals surface area contributed by atoms with Crippen LogP contribution in [0.25, 0.3) is 22.6 Å². The summed E-state index contributed by atoms with van der Waals surface area (Å²) in [5, 5.41) is 5.46. The van der Waals surface area contributed by atoms with E-state index in [1.165, 1.54) is 18.2 Å². The predicted octanol–water partition coefficient (Wildman–Crippen LogP) is 5.07. The van der Waals surface area contributed by atoms with Gasteiger partial charge in [-0.05, 0) is 67.2 Å². The molecule has 1 heterocycles. The van der Waals surface area contributed by atoms with E-state index in [0.29, 0.717) is 17.2 Å². The van der Waals surface area contributed by atoms with Crippen LogP contribution in [0.15, 0.2) is 71.1 Å². The summed E-state index contributed by atoms with van der Waals surface area (Å²) >= 11 is 5.18. The van der Waals surface area contributed by atoms with Crippen LogP contribution in [-0.4, -0.2) is 16.0 Å². The number of carbonyl (C=O) groups excluding carboxylic acids is 1. The molecule has 0 atom stereocenters. The Morgan fingerprint density at radius 1 is 1.07 bits per heavy atom. The molecule has 4 aromatic rings. The Labute approximate surface area is 171 Å². The molecule has 3 aromatic carbocycles. The molecule has 0 radical (unpaired) electrons. The third kappa shape index (κ3) is 4.14. The van der Waals surface area contributed by atoms with Crippen LogP contribution in [0.4, 0.5) is 10.1 Å². The third-order valence-corrected chi connectivity index (χ3v) is 4.46. The molecular weight excluding hydrogens is 389 g/mol. The number of benzene rings is 3. The van der Waals surface area contributed by atoms with E-state index in [-0.39, 0.29) is 10.7 Å². The number of oxazole rings is 1. The largest absolute Gasteiger partial charge is 0.436 e. The minimum Gasteiger partial charge on any atom is -0.436 e. The average molecular weight is 405 g/mol. The minimum atomic E-state index is -0.619. The molecule has 4 rings (SSSR count). The number of carbonyl (C=O) groups is 1. The standard InChI is InChI=1S/C22H16FN3O2S/c1-13-9-10-19-18(11-13)25-21(28-19)14-5-4-6-15(12-14)24-22(29)26-20(27)16-7-2-3-8-17(16)23/h2-12H,1H3,(H2,24,26,27,29). The van der Waals surface area contributed by atoms with Crippen molar-refractivity contribution in [2.24, 2.45) is 0 Å². The Bertz CT molecular complexity index is 1240. The summed E-state index contributed by atoms with van der Waals surface area (Å²) in [5.74, 6) is -0.748. The molecule has 0 aliphatic rings. The van der Waals surface area contributed by atoms with Crippen LogP contribution in [0.5, 0.6) is 0 Å². The molecule has 0 saturated heterocycles. The third-order valence-electron chi connectivity index (χ3n) is 4.26. The molecule has 2 N–H and O–H groups in total. The van der Waals surface area contributed by atoms with Crippen molar-refractivity contribution < 1.29 is 13.6 Å². The number of amides is 1. The van der Waals surface area contributed by atoms with E-state index >= 15 is 0 Å². The fourth-order valence-electron chi connectivity index (χ4n) is 2.87. The van der Waals surface area contributed by atoms with Gasteiger partial charge in [0.2, 0.25) is 5.89 Å². The van der Waals surface area contributed by atoms with Crippen LogP contribution >= 0.6 is 12.2 Å². The molecule has 1 amide bonds. The van der Waals surface area contributed by atoms with E-state index in [9.17, 15) is 9.18 Å². The van der Waals surface area contributed by atoms with Gasteiger partial charge in [-0.25, -0.2) is 9.37 Å². The zero-order chi connectivity index (χ0) is 20.4. The number of aromatic nitrogens is 1. The van der Waals surface area contributed by atoms with E-state index in [1.807, 2.05) is 37.3 Å². The number of rotatable bonds is 3. The maximum Gasteiger partial charge on any atom is 0.260 e. The van der Waals surface area contributed by atoms with Crippen molar-refractivity contribution >= 4 is 40.0 Å². The summed E-state index contributed by atoms with van der Waals surface area (Å²) in [6.07, 6.45) is 0. The van der Waals surface area contributed by atoms with Gasteiger partial charge in [0.15, 0.2) is 10.7 Å². The quantitative estimate of drug-likeness (QED) is 0.466. The zero-order valence-electron chi connectivity index (χ0n) is 15.4. The number of aryl methyl sites for hydroxylation is 1. The first-order valence-electron chi connectivity index (χ1n) is 8.84. The van der Waals surface area contributed by atoms with Crippen molar-refractivity contribution in [3.63, 3.8) is 0 Å². The average Bonchev–Trinajstić information content (AvgIpc) is 3.11.